The Balaban J connectivity index is 2.03. The van der Waals surface area contributed by atoms with Gasteiger partial charge in [-0.1, -0.05) is 32.6 Å². The maximum absolute atomic E-state index is 9.77. The molecule has 1 N–H and O–H groups in total. The van der Waals surface area contributed by atoms with Crippen LogP contribution in [0, 0.1) is 0 Å². The van der Waals surface area contributed by atoms with Crippen molar-refractivity contribution in [1.29, 1.82) is 0 Å². The van der Waals surface area contributed by atoms with Crippen molar-refractivity contribution in [3.8, 4) is 0 Å². The topological polar surface area (TPSA) is 36.4 Å². The van der Waals surface area contributed by atoms with Crippen LogP contribution in [0.3, 0.4) is 0 Å². The molecular formula is C16H26N2O. The van der Waals surface area contributed by atoms with E-state index >= 15 is 0 Å². The predicted molar refractivity (Wildman–Crippen MR) is 79.4 cm³/mol. The Morgan fingerprint density at radius 2 is 1.95 bits per heavy atom. The number of hydrogen-bond acceptors (Lipinski definition) is 3. The van der Waals surface area contributed by atoms with E-state index in [1.807, 2.05) is 19.2 Å². The number of pyridine rings is 1. The van der Waals surface area contributed by atoms with Gasteiger partial charge in [-0.05, 0) is 31.4 Å². The summed E-state index contributed by atoms with van der Waals surface area (Å²) in [7, 11) is 2.17. The largest absolute Gasteiger partial charge is 0.387 e. The van der Waals surface area contributed by atoms with Gasteiger partial charge in [0.1, 0.15) is 0 Å². The molecule has 1 aliphatic carbocycles. The average molecular weight is 262 g/mol. The lowest BCUT2D eigenvalue weighted by molar-refractivity contribution is 0.169. The molecule has 1 atom stereocenters. The number of aliphatic hydroxyl groups is 1. The Bertz CT molecular complexity index is 369. The summed E-state index contributed by atoms with van der Waals surface area (Å²) in [5.74, 6) is 0. The Labute approximate surface area is 116 Å². The first-order chi connectivity index (χ1) is 9.22. The van der Waals surface area contributed by atoms with Crippen molar-refractivity contribution in [2.24, 2.45) is 0 Å². The van der Waals surface area contributed by atoms with Crippen molar-refractivity contribution in [2.45, 2.75) is 64.0 Å². The third-order valence-corrected chi connectivity index (χ3v) is 4.28. The first-order valence-electron chi connectivity index (χ1n) is 7.59. The average Bonchev–Trinajstić information content (AvgIpc) is 2.75. The van der Waals surface area contributed by atoms with Crippen LogP contribution in [0.1, 0.15) is 63.7 Å². The fourth-order valence-corrected chi connectivity index (χ4v) is 2.87. The first kappa shape index (κ1) is 14.3. The zero-order valence-corrected chi connectivity index (χ0v) is 12.2. The van der Waals surface area contributed by atoms with Crippen molar-refractivity contribution in [1.82, 2.24) is 4.98 Å². The minimum absolute atomic E-state index is 0.433. The van der Waals surface area contributed by atoms with Crippen LogP contribution in [0.2, 0.25) is 0 Å². The van der Waals surface area contributed by atoms with Crippen molar-refractivity contribution >= 4 is 5.69 Å². The second kappa shape index (κ2) is 6.90. The number of nitrogens with zero attached hydrogens (tertiary/aromatic N) is 2. The fourth-order valence-electron chi connectivity index (χ4n) is 2.87. The second-order valence-electron chi connectivity index (χ2n) is 5.62. The highest BCUT2D eigenvalue weighted by molar-refractivity contribution is 5.45. The van der Waals surface area contributed by atoms with Crippen LogP contribution >= 0.6 is 0 Å². The van der Waals surface area contributed by atoms with E-state index in [0.29, 0.717) is 12.5 Å². The van der Waals surface area contributed by atoms with Gasteiger partial charge in [0, 0.05) is 13.1 Å². The number of rotatable bonds is 4. The summed E-state index contributed by atoms with van der Waals surface area (Å²) in [6, 6.07) is 4.69. The van der Waals surface area contributed by atoms with Crippen LogP contribution in [-0.2, 0) is 0 Å². The Kier molecular flexibility index (Phi) is 5.20. The summed E-state index contributed by atoms with van der Waals surface area (Å²) >= 11 is 0. The van der Waals surface area contributed by atoms with E-state index in [4.69, 9.17) is 0 Å². The van der Waals surface area contributed by atoms with Crippen molar-refractivity contribution in [3.05, 3.63) is 24.0 Å². The van der Waals surface area contributed by atoms with Gasteiger partial charge >= 0.3 is 0 Å². The highest BCUT2D eigenvalue weighted by atomic mass is 16.3. The number of hydrogen-bond donors (Lipinski definition) is 1. The van der Waals surface area contributed by atoms with Crippen molar-refractivity contribution in [2.75, 3.05) is 11.9 Å². The molecule has 1 heterocycles. The quantitative estimate of drug-likeness (QED) is 0.841. The lowest BCUT2D eigenvalue weighted by Crippen LogP contribution is -2.31. The maximum Gasteiger partial charge on any atom is 0.0957 e. The Morgan fingerprint density at radius 3 is 2.47 bits per heavy atom. The van der Waals surface area contributed by atoms with Crippen LogP contribution in [-0.4, -0.2) is 23.2 Å². The van der Waals surface area contributed by atoms with E-state index in [9.17, 15) is 5.11 Å². The lowest BCUT2D eigenvalue weighted by Gasteiger charge is -2.29. The molecule has 0 amide bonds. The van der Waals surface area contributed by atoms with Gasteiger partial charge < -0.3 is 10.0 Å². The first-order valence-corrected chi connectivity index (χ1v) is 7.59. The molecule has 1 aromatic heterocycles. The molecule has 0 unspecified atom stereocenters. The molecule has 19 heavy (non-hydrogen) atoms. The number of anilines is 1. The molecule has 0 radical (unpaired) electrons. The van der Waals surface area contributed by atoms with Crippen LogP contribution in [0.15, 0.2) is 18.3 Å². The molecule has 3 heteroatoms. The summed E-state index contributed by atoms with van der Waals surface area (Å²) < 4.78 is 0. The van der Waals surface area contributed by atoms with Gasteiger partial charge in [0.15, 0.2) is 0 Å². The SMILES string of the molecule is CC[C@H](O)c1ccc(N(C)C2CCCCCC2)cn1. The molecule has 0 aromatic carbocycles. The van der Waals surface area contributed by atoms with Gasteiger partial charge in [-0.15, -0.1) is 0 Å². The highest BCUT2D eigenvalue weighted by Crippen LogP contribution is 2.25. The van der Waals surface area contributed by atoms with Gasteiger partial charge in [-0.3, -0.25) is 4.98 Å². The standard InChI is InChI=1S/C16H26N2O/c1-3-16(19)15-11-10-14(12-17-15)18(2)13-8-6-4-5-7-9-13/h10-13,16,19H,3-9H2,1-2H3/t16-/m0/s1. The third kappa shape index (κ3) is 3.69. The molecule has 1 fully saturated rings. The molecule has 1 aliphatic rings. The van der Waals surface area contributed by atoms with Gasteiger partial charge in [-0.2, -0.15) is 0 Å². The van der Waals surface area contributed by atoms with Gasteiger partial charge in [0.25, 0.3) is 0 Å². The molecule has 0 saturated heterocycles. The molecule has 1 aromatic rings. The van der Waals surface area contributed by atoms with Crippen LogP contribution in [0.5, 0.6) is 0 Å². The van der Waals surface area contributed by atoms with E-state index in [2.05, 4.69) is 23.0 Å². The minimum atomic E-state index is -0.433. The summed E-state index contributed by atoms with van der Waals surface area (Å²) in [6.07, 6.45) is 10.2. The lowest BCUT2D eigenvalue weighted by atomic mass is 10.1. The molecule has 0 spiro atoms. The van der Waals surface area contributed by atoms with E-state index < -0.39 is 6.10 Å². The van der Waals surface area contributed by atoms with E-state index in [1.54, 1.807) is 0 Å². The molecular weight excluding hydrogens is 236 g/mol. The van der Waals surface area contributed by atoms with E-state index in [-0.39, 0.29) is 0 Å². The Morgan fingerprint density at radius 1 is 1.26 bits per heavy atom. The maximum atomic E-state index is 9.77. The molecule has 106 valence electrons. The van der Waals surface area contributed by atoms with Gasteiger partial charge in [0.2, 0.25) is 0 Å². The zero-order valence-electron chi connectivity index (χ0n) is 12.2. The monoisotopic (exact) mass is 262 g/mol. The predicted octanol–water partition coefficient (Wildman–Crippen LogP) is 3.68. The van der Waals surface area contributed by atoms with Crippen molar-refractivity contribution in [3.63, 3.8) is 0 Å². The van der Waals surface area contributed by atoms with Gasteiger partial charge in [0.05, 0.1) is 23.7 Å². The zero-order chi connectivity index (χ0) is 13.7. The Hall–Kier alpha value is -1.09. The molecule has 0 aliphatic heterocycles. The third-order valence-electron chi connectivity index (χ3n) is 4.28. The summed E-state index contributed by atoms with van der Waals surface area (Å²) in [5, 5.41) is 9.77. The normalized spacial score (nSPS) is 18.9. The fraction of sp³-hybridized carbons (Fsp3) is 0.688. The molecule has 1 saturated carbocycles. The summed E-state index contributed by atoms with van der Waals surface area (Å²) in [4.78, 5) is 6.76. The minimum Gasteiger partial charge on any atom is -0.387 e. The second-order valence-corrected chi connectivity index (χ2v) is 5.62. The smallest absolute Gasteiger partial charge is 0.0957 e. The van der Waals surface area contributed by atoms with E-state index in [1.165, 1.54) is 44.2 Å². The number of aliphatic hydroxyl groups excluding tert-OH is 1. The van der Waals surface area contributed by atoms with Crippen molar-refractivity contribution < 1.29 is 5.11 Å². The number of aromatic nitrogens is 1. The molecule has 0 bridgehead atoms. The molecule has 3 nitrogen and oxygen atoms in total. The van der Waals surface area contributed by atoms with Crippen LogP contribution < -0.4 is 4.90 Å². The van der Waals surface area contributed by atoms with Crippen LogP contribution in [0.4, 0.5) is 5.69 Å². The van der Waals surface area contributed by atoms with Crippen LogP contribution in [0.25, 0.3) is 0 Å². The summed E-state index contributed by atoms with van der Waals surface area (Å²) in [6.45, 7) is 1.97. The van der Waals surface area contributed by atoms with Gasteiger partial charge in [-0.25, -0.2) is 0 Å². The molecule has 2 rings (SSSR count). The summed E-state index contributed by atoms with van der Waals surface area (Å²) in [5.41, 5.74) is 1.94. The van der Waals surface area contributed by atoms with E-state index in [0.717, 1.165) is 5.69 Å². The highest BCUT2D eigenvalue weighted by Gasteiger charge is 2.17.